The van der Waals surface area contributed by atoms with E-state index in [1.807, 2.05) is 6.26 Å². The number of nitrogens with zero attached hydrogens (tertiary/aromatic N) is 1. The zero-order valence-corrected chi connectivity index (χ0v) is 12.6. The highest BCUT2D eigenvalue weighted by atomic mass is 35.5. The van der Waals surface area contributed by atoms with E-state index in [1.54, 1.807) is 30.0 Å². The number of nitrogens with one attached hydrogen (secondary N) is 1. The van der Waals surface area contributed by atoms with Crippen molar-refractivity contribution in [3.8, 4) is 0 Å². The van der Waals surface area contributed by atoms with Crippen LogP contribution in [0.1, 0.15) is 6.42 Å². The molecule has 0 aliphatic heterocycles. The highest BCUT2D eigenvalue weighted by Crippen LogP contribution is 2.28. The lowest BCUT2D eigenvalue weighted by atomic mass is 10.1. The van der Waals surface area contributed by atoms with Gasteiger partial charge in [-0.2, -0.15) is 11.8 Å². The molecule has 1 aromatic heterocycles. The standard InChI is InChI=1S/C14H16ClFN2OS/c1-20-8-9(5-7-19)18-12-3-2-10-11(15)4-6-17-14(10)13(12)16/h2-4,6,9,18-19H,5,7-8H2,1H3. The molecule has 1 heterocycles. The molecule has 20 heavy (non-hydrogen) atoms. The second kappa shape index (κ2) is 7.11. The molecule has 0 spiro atoms. The van der Waals surface area contributed by atoms with Crippen LogP contribution in [0.15, 0.2) is 24.4 Å². The maximum Gasteiger partial charge on any atom is 0.172 e. The van der Waals surface area contributed by atoms with Gasteiger partial charge in [-0.25, -0.2) is 4.39 Å². The molecule has 2 rings (SSSR count). The third-order valence-electron chi connectivity index (χ3n) is 3.00. The molecule has 0 aliphatic carbocycles. The molecule has 3 nitrogen and oxygen atoms in total. The Hall–Kier alpha value is -1.04. The fourth-order valence-electron chi connectivity index (χ4n) is 2.04. The largest absolute Gasteiger partial charge is 0.396 e. The first kappa shape index (κ1) is 15.4. The van der Waals surface area contributed by atoms with Crippen LogP contribution in [0.3, 0.4) is 0 Å². The molecule has 1 unspecified atom stereocenters. The van der Waals surface area contributed by atoms with E-state index in [4.69, 9.17) is 16.7 Å². The number of aliphatic hydroxyl groups is 1. The fraction of sp³-hybridized carbons (Fsp3) is 0.357. The maximum absolute atomic E-state index is 14.4. The van der Waals surface area contributed by atoms with E-state index in [2.05, 4.69) is 10.3 Å². The van der Waals surface area contributed by atoms with Crippen molar-refractivity contribution < 1.29 is 9.50 Å². The number of halogens is 2. The Kier molecular flexibility index (Phi) is 5.46. The van der Waals surface area contributed by atoms with Gasteiger partial charge in [0.1, 0.15) is 5.52 Å². The van der Waals surface area contributed by atoms with Gasteiger partial charge in [0.15, 0.2) is 5.82 Å². The molecule has 0 saturated heterocycles. The van der Waals surface area contributed by atoms with Crippen LogP contribution in [0.4, 0.5) is 10.1 Å². The zero-order chi connectivity index (χ0) is 14.5. The van der Waals surface area contributed by atoms with Crippen LogP contribution in [0.5, 0.6) is 0 Å². The molecule has 0 amide bonds. The summed E-state index contributed by atoms with van der Waals surface area (Å²) >= 11 is 7.67. The van der Waals surface area contributed by atoms with Crippen LogP contribution in [0.25, 0.3) is 10.9 Å². The van der Waals surface area contributed by atoms with E-state index in [-0.39, 0.29) is 18.2 Å². The van der Waals surface area contributed by atoms with Gasteiger partial charge in [0, 0.05) is 30.0 Å². The van der Waals surface area contributed by atoms with E-state index in [9.17, 15) is 4.39 Å². The summed E-state index contributed by atoms with van der Waals surface area (Å²) < 4.78 is 14.4. The number of fused-ring (bicyclic) bond motifs is 1. The van der Waals surface area contributed by atoms with Gasteiger partial charge >= 0.3 is 0 Å². The molecule has 0 radical (unpaired) electrons. The number of hydrogen-bond acceptors (Lipinski definition) is 4. The molecule has 1 atom stereocenters. The van der Waals surface area contributed by atoms with Gasteiger partial charge in [-0.3, -0.25) is 4.98 Å². The average Bonchev–Trinajstić information content (AvgIpc) is 2.43. The minimum absolute atomic E-state index is 0.0149. The lowest BCUT2D eigenvalue weighted by Gasteiger charge is -2.19. The number of hydrogen-bond donors (Lipinski definition) is 2. The van der Waals surface area contributed by atoms with Crippen LogP contribution in [-0.2, 0) is 0 Å². The number of anilines is 1. The molecular formula is C14H16ClFN2OS. The third kappa shape index (κ3) is 3.34. The van der Waals surface area contributed by atoms with E-state index in [1.165, 1.54) is 6.20 Å². The van der Waals surface area contributed by atoms with Crippen LogP contribution >= 0.6 is 23.4 Å². The minimum atomic E-state index is -0.408. The highest BCUT2D eigenvalue weighted by molar-refractivity contribution is 7.98. The number of thioether (sulfide) groups is 1. The first-order valence-electron chi connectivity index (χ1n) is 6.26. The van der Waals surface area contributed by atoms with Crippen LogP contribution in [0, 0.1) is 5.82 Å². The Morgan fingerprint density at radius 1 is 1.45 bits per heavy atom. The SMILES string of the molecule is CSCC(CCO)Nc1ccc2c(Cl)ccnc2c1F. The lowest BCUT2D eigenvalue weighted by molar-refractivity contribution is 0.282. The Morgan fingerprint density at radius 2 is 2.25 bits per heavy atom. The summed E-state index contributed by atoms with van der Waals surface area (Å²) in [6.45, 7) is 0.0670. The van der Waals surface area contributed by atoms with Gasteiger partial charge in [-0.15, -0.1) is 0 Å². The second-order valence-corrected chi connectivity index (χ2v) is 5.74. The monoisotopic (exact) mass is 314 g/mol. The van der Waals surface area contributed by atoms with Crippen molar-refractivity contribution in [2.24, 2.45) is 0 Å². The van der Waals surface area contributed by atoms with Crippen molar-refractivity contribution in [3.63, 3.8) is 0 Å². The van der Waals surface area contributed by atoms with Crippen molar-refractivity contribution in [2.45, 2.75) is 12.5 Å². The van der Waals surface area contributed by atoms with Gasteiger partial charge in [0.25, 0.3) is 0 Å². The summed E-state index contributed by atoms with van der Waals surface area (Å²) in [4.78, 5) is 4.05. The molecule has 2 N–H and O–H groups in total. The predicted molar refractivity (Wildman–Crippen MR) is 84.2 cm³/mol. The quantitative estimate of drug-likeness (QED) is 0.856. The normalized spacial score (nSPS) is 12.6. The van der Waals surface area contributed by atoms with E-state index >= 15 is 0 Å². The van der Waals surface area contributed by atoms with E-state index in [0.717, 1.165) is 5.75 Å². The van der Waals surface area contributed by atoms with Crippen molar-refractivity contribution in [1.29, 1.82) is 0 Å². The molecule has 0 saturated carbocycles. The molecule has 0 aliphatic rings. The summed E-state index contributed by atoms with van der Waals surface area (Å²) in [5, 5.41) is 13.2. The highest BCUT2D eigenvalue weighted by Gasteiger charge is 2.14. The Balaban J connectivity index is 2.33. The molecule has 1 aromatic carbocycles. The number of rotatable bonds is 6. The van der Waals surface area contributed by atoms with Crippen LogP contribution < -0.4 is 5.32 Å². The Morgan fingerprint density at radius 3 is 2.95 bits per heavy atom. The fourth-order valence-corrected chi connectivity index (χ4v) is 2.90. The van der Waals surface area contributed by atoms with Gasteiger partial charge < -0.3 is 10.4 Å². The average molecular weight is 315 g/mol. The maximum atomic E-state index is 14.4. The van der Waals surface area contributed by atoms with Gasteiger partial charge in [-0.05, 0) is 30.9 Å². The Bertz CT molecular complexity index is 591. The first-order valence-corrected chi connectivity index (χ1v) is 8.03. The van der Waals surface area contributed by atoms with Crippen LogP contribution in [-0.4, -0.2) is 34.7 Å². The van der Waals surface area contributed by atoms with Gasteiger partial charge in [0.05, 0.1) is 10.7 Å². The number of aliphatic hydroxyl groups excluding tert-OH is 1. The minimum Gasteiger partial charge on any atom is -0.396 e. The van der Waals surface area contributed by atoms with Gasteiger partial charge in [-0.1, -0.05) is 11.6 Å². The summed E-state index contributed by atoms with van der Waals surface area (Å²) in [6, 6.07) is 5.07. The zero-order valence-electron chi connectivity index (χ0n) is 11.1. The van der Waals surface area contributed by atoms with E-state index < -0.39 is 5.82 Å². The lowest BCUT2D eigenvalue weighted by Crippen LogP contribution is -2.24. The summed E-state index contributed by atoms with van der Waals surface area (Å²) in [7, 11) is 0. The summed E-state index contributed by atoms with van der Waals surface area (Å²) in [5.74, 6) is 0.384. The molecule has 108 valence electrons. The molecule has 2 aromatic rings. The molecule has 0 fully saturated rings. The second-order valence-electron chi connectivity index (χ2n) is 4.42. The summed E-state index contributed by atoms with van der Waals surface area (Å²) in [5.41, 5.74) is 0.647. The van der Waals surface area contributed by atoms with Crippen molar-refractivity contribution in [3.05, 3.63) is 35.2 Å². The third-order valence-corrected chi connectivity index (χ3v) is 4.07. The summed E-state index contributed by atoms with van der Waals surface area (Å²) in [6.07, 6.45) is 4.04. The topological polar surface area (TPSA) is 45.1 Å². The number of aromatic nitrogens is 1. The van der Waals surface area contributed by atoms with Gasteiger partial charge in [0.2, 0.25) is 0 Å². The van der Waals surface area contributed by atoms with Crippen molar-refractivity contribution in [2.75, 3.05) is 23.9 Å². The smallest absolute Gasteiger partial charge is 0.172 e. The van der Waals surface area contributed by atoms with Crippen LogP contribution in [0.2, 0.25) is 5.02 Å². The van der Waals surface area contributed by atoms with Crippen molar-refractivity contribution >= 4 is 40.0 Å². The molecule has 6 heteroatoms. The van der Waals surface area contributed by atoms with Crippen molar-refractivity contribution in [1.82, 2.24) is 4.98 Å². The first-order chi connectivity index (χ1) is 9.67. The Labute approximate surface area is 126 Å². The molecule has 0 bridgehead atoms. The van der Waals surface area contributed by atoms with E-state index in [0.29, 0.717) is 22.5 Å². The number of pyridine rings is 1. The molecular weight excluding hydrogens is 299 g/mol. The predicted octanol–water partition coefficient (Wildman–Crippen LogP) is 3.55. The number of benzene rings is 1.